The summed E-state index contributed by atoms with van der Waals surface area (Å²) >= 11 is 1.38. The summed E-state index contributed by atoms with van der Waals surface area (Å²) in [5, 5.41) is 17.2. The van der Waals surface area contributed by atoms with Crippen molar-refractivity contribution in [3.05, 3.63) is 42.6 Å². The van der Waals surface area contributed by atoms with Gasteiger partial charge in [0, 0.05) is 23.1 Å². The summed E-state index contributed by atoms with van der Waals surface area (Å²) in [5.41, 5.74) is 1.51. The molecule has 0 radical (unpaired) electrons. The van der Waals surface area contributed by atoms with Crippen LogP contribution in [0, 0.1) is 17.8 Å². The summed E-state index contributed by atoms with van der Waals surface area (Å²) in [6.07, 6.45) is 11.3. The van der Waals surface area contributed by atoms with Crippen molar-refractivity contribution in [1.82, 2.24) is 25.2 Å². The Bertz CT molecular complexity index is 1580. The fourth-order valence-corrected chi connectivity index (χ4v) is 7.62. The van der Waals surface area contributed by atoms with Crippen LogP contribution in [-0.2, 0) is 25.5 Å². The molecule has 13 heteroatoms. The zero-order valence-corrected chi connectivity index (χ0v) is 33.6. The van der Waals surface area contributed by atoms with Crippen LogP contribution in [0.1, 0.15) is 104 Å². The number of methoxy groups -OCH3 is 1. The molecule has 54 heavy (non-hydrogen) atoms. The molecule has 0 spiro atoms. The minimum atomic E-state index is -0.795. The van der Waals surface area contributed by atoms with E-state index in [0.29, 0.717) is 36.8 Å². The summed E-state index contributed by atoms with van der Waals surface area (Å²) in [6.45, 7) is 12.2. The Labute approximate surface area is 325 Å². The molecule has 2 heterocycles. The lowest BCUT2D eigenvalue weighted by Gasteiger charge is -2.28. The molecule has 298 valence electrons. The van der Waals surface area contributed by atoms with Gasteiger partial charge in [-0.05, 0) is 112 Å². The number of rotatable bonds is 17. The third-order valence-electron chi connectivity index (χ3n) is 10.0. The van der Waals surface area contributed by atoms with Crippen LogP contribution in [0.5, 0.6) is 11.5 Å². The Morgan fingerprint density at radius 1 is 1.04 bits per heavy atom. The van der Waals surface area contributed by atoms with Gasteiger partial charge >= 0.3 is 6.09 Å². The SMILES string of the molecule is C=C[C@H](C)C(NC(=O)C1CCCN1C(=O)CNC(=O)O[C@@H]1CCCC1CCCCCc1nc2ccc(OC)cc2cc1O)C(=O)NSC1CC1.CC(C)C. The maximum Gasteiger partial charge on any atom is 0.407 e. The fraction of sp³-hybridized carbons (Fsp3) is 0.634. The first-order valence-corrected chi connectivity index (χ1v) is 20.6. The number of carbonyl (C=O) groups is 4. The van der Waals surface area contributed by atoms with Crippen molar-refractivity contribution in [2.45, 2.75) is 128 Å². The first-order valence-electron chi connectivity index (χ1n) is 19.7. The molecule has 4 amide bonds. The van der Waals surface area contributed by atoms with Crippen LogP contribution in [0.15, 0.2) is 36.9 Å². The van der Waals surface area contributed by atoms with Gasteiger partial charge in [0.15, 0.2) is 0 Å². The number of aromatic nitrogens is 1. The Morgan fingerprint density at radius 2 is 1.80 bits per heavy atom. The number of hydrogen-bond donors (Lipinski definition) is 4. The van der Waals surface area contributed by atoms with Crippen LogP contribution in [0.3, 0.4) is 0 Å². The molecule has 1 saturated heterocycles. The van der Waals surface area contributed by atoms with Crippen LogP contribution in [0.2, 0.25) is 0 Å². The molecule has 5 rings (SSSR count). The summed E-state index contributed by atoms with van der Waals surface area (Å²) in [5.74, 6) is 0.675. The van der Waals surface area contributed by atoms with Crippen molar-refractivity contribution in [3.63, 3.8) is 0 Å². The maximum absolute atomic E-state index is 13.3. The molecule has 12 nitrogen and oxygen atoms in total. The van der Waals surface area contributed by atoms with Crippen molar-refractivity contribution in [1.29, 1.82) is 0 Å². The average Bonchev–Trinajstić information content (AvgIpc) is 3.66. The lowest BCUT2D eigenvalue weighted by Crippen LogP contribution is -2.55. The van der Waals surface area contributed by atoms with Crippen molar-refractivity contribution < 1.29 is 33.8 Å². The van der Waals surface area contributed by atoms with Gasteiger partial charge in [-0.2, -0.15) is 0 Å². The van der Waals surface area contributed by atoms with E-state index < -0.39 is 18.2 Å². The predicted octanol–water partition coefficient (Wildman–Crippen LogP) is 6.83. The van der Waals surface area contributed by atoms with Crippen LogP contribution in [0.4, 0.5) is 4.79 Å². The number of fused-ring (bicyclic) bond motifs is 1. The molecule has 3 fully saturated rings. The molecule has 2 saturated carbocycles. The molecule has 1 aliphatic heterocycles. The van der Waals surface area contributed by atoms with Crippen LogP contribution < -0.4 is 20.1 Å². The molecule has 3 unspecified atom stereocenters. The lowest BCUT2D eigenvalue weighted by molar-refractivity contribution is -0.139. The van der Waals surface area contributed by atoms with E-state index in [2.05, 4.69) is 47.7 Å². The zero-order valence-electron chi connectivity index (χ0n) is 32.7. The number of nitrogens with one attached hydrogen (secondary N) is 3. The molecule has 2 aliphatic carbocycles. The van der Waals surface area contributed by atoms with E-state index in [-0.39, 0.29) is 48.0 Å². The molecular weight excluding hydrogens is 707 g/mol. The second-order valence-corrected chi connectivity index (χ2v) is 16.5. The molecule has 4 N–H and O–H groups in total. The number of aromatic hydroxyl groups is 1. The van der Waals surface area contributed by atoms with Crippen molar-refractivity contribution >= 4 is 46.7 Å². The Kier molecular flexibility index (Phi) is 16.8. The minimum Gasteiger partial charge on any atom is -0.506 e. The number of likely N-dealkylation sites (tertiary alicyclic amines) is 1. The highest BCUT2D eigenvalue weighted by Gasteiger charge is 2.37. The van der Waals surface area contributed by atoms with E-state index in [1.54, 1.807) is 19.3 Å². The van der Waals surface area contributed by atoms with Gasteiger partial charge in [-0.25, -0.2) is 9.78 Å². The predicted molar refractivity (Wildman–Crippen MR) is 213 cm³/mol. The smallest absolute Gasteiger partial charge is 0.407 e. The largest absolute Gasteiger partial charge is 0.506 e. The molecule has 0 bridgehead atoms. The number of pyridine rings is 1. The Balaban J connectivity index is 0.00000155. The standard InChI is InChI=1S/C37H51N5O7S.C4H10/c1-4-23(2)34(36(46)41-50-27-16-17-27)40-35(45)30-13-9-19-42(30)33(44)22-38-37(47)49-32-14-8-11-24(32)10-6-5-7-12-29-31(43)21-25-20-26(48-3)15-18-28(25)39-29;1-4(2)3/h4,15,18,20-21,23-24,27,30,32,34,43H,1,5-14,16-17,19,22H2,2-3H3,(H,38,47)(H,40,45)(H,41,46);4H,1-3H3/t23-,24?,30?,32+,34?;/m0./s1. The van der Waals surface area contributed by atoms with Gasteiger partial charge in [0.05, 0.1) is 18.3 Å². The summed E-state index contributed by atoms with van der Waals surface area (Å²) in [4.78, 5) is 58.1. The van der Waals surface area contributed by atoms with Crippen LogP contribution in [-0.4, -0.2) is 82.4 Å². The topological polar surface area (TPSA) is 159 Å². The number of carbonyl (C=O) groups excluding carboxylic acids is 4. The number of benzene rings is 1. The minimum absolute atomic E-state index is 0.192. The normalized spacial score (nSPS) is 20.4. The third-order valence-corrected chi connectivity index (χ3v) is 11.1. The van der Waals surface area contributed by atoms with E-state index in [1.807, 2.05) is 25.1 Å². The molecule has 5 atom stereocenters. The van der Waals surface area contributed by atoms with Gasteiger partial charge in [0.25, 0.3) is 5.91 Å². The zero-order chi connectivity index (χ0) is 39.2. The van der Waals surface area contributed by atoms with Gasteiger partial charge in [-0.3, -0.25) is 19.1 Å². The Hall–Kier alpha value is -4.00. The van der Waals surface area contributed by atoms with Crippen molar-refractivity contribution in [2.75, 3.05) is 20.2 Å². The second kappa shape index (κ2) is 21.2. The summed E-state index contributed by atoms with van der Waals surface area (Å²) in [6, 6.07) is 5.84. The van der Waals surface area contributed by atoms with E-state index in [4.69, 9.17) is 9.47 Å². The fourth-order valence-electron chi connectivity index (χ4n) is 6.84. The highest BCUT2D eigenvalue weighted by molar-refractivity contribution is 7.98. The van der Waals surface area contributed by atoms with Gasteiger partial charge < -0.3 is 30.1 Å². The van der Waals surface area contributed by atoms with Gasteiger partial charge in [-0.15, -0.1) is 6.58 Å². The second-order valence-electron chi connectivity index (χ2n) is 15.4. The number of ether oxygens (including phenoxy) is 2. The van der Waals surface area contributed by atoms with Crippen molar-refractivity contribution in [2.24, 2.45) is 17.8 Å². The summed E-state index contributed by atoms with van der Waals surface area (Å²) < 4.78 is 13.9. The van der Waals surface area contributed by atoms with Gasteiger partial charge in [0.2, 0.25) is 11.8 Å². The molecular formula is C41H61N5O7S. The monoisotopic (exact) mass is 767 g/mol. The lowest BCUT2D eigenvalue weighted by atomic mass is 9.97. The molecule has 2 aromatic rings. The average molecular weight is 768 g/mol. The Morgan fingerprint density at radius 3 is 2.50 bits per heavy atom. The molecule has 1 aromatic heterocycles. The van der Waals surface area contributed by atoms with E-state index in [1.165, 1.54) is 16.8 Å². The quantitative estimate of drug-likeness (QED) is 0.0769. The molecule has 1 aromatic carbocycles. The number of amides is 4. The van der Waals surface area contributed by atoms with Crippen LogP contribution >= 0.6 is 11.9 Å². The number of unbranched alkanes of at least 4 members (excludes halogenated alkanes) is 2. The number of nitrogens with zero attached hydrogens (tertiary/aromatic N) is 2. The highest BCUT2D eigenvalue weighted by atomic mass is 32.2. The maximum atomic E-state index is 13.3. The third kappa shape index (κ3) is 13.1. The van der Waals surface area contributed by atoms with Gasteiger partial charge in [-0.1, -0.05) is 46.6 Å². The first kappa shape index (κ1) is 42.7. The molecule has 3 aliphatic rings. The summed E-state index contributed by atoms with van der Waals surface area (Å²) in [7, 11) is 1.61. The number of alkyl carbamates (subject to hydrolysis) is 1. The highest BCUT2D eigenvalue weighted by Crippen LogP contribution is 2.33. The first-order chi connectivity index (χ1) is 25.9. The van der Waals surface area contributed by atoms with E-state index in [9.17, 15) is 24.3 Å². The van der Waals surface area contributed by atoms with E-state index >= 15 is 0 Å². The van der Waals surface area contributed by atoms with E-state index in [0.717, 1.165) is 80.4 Å². The van der Waals surface area contributed by atoms with Gasteiger partial charge in [0.1, 0.15) is 36.2 Å². The van der Waals surface area contributed by atoms with Crippen molar-refractivity contribution in [3.8, 4) is 11.5 Å². The van der Waals surface area contributed by atoms with Crippen LogP contribution in [0.25, 0.3) is 10.9 Å². The number of hydrogen-bond acceptors (Lipinski definition) is 9. The number of aryl methyl sites for hydroxylation is 1.